The van der Waals surface area contributed by atoms with E-state index in [1.54, 1.807) is 61.5 Å². The fourth-order valence-corrected chi connectivity index (χ4v) is 3.98. The molecule has 0 spiro atoms. The van der Waals surface area contributed by atoms with Crippen LogP contribution in [0.4, 0.5) is 4.79 Å². The summed E-state index contributed by atoms with van der Waals surface area (Å²) in [6.07, 6.45) is -1.26. The number of esters is 1. The summed E-state index contributed by atoms with van der Waals surface area (Å²) in [6.45, 7) is 1.51. The van der Waals surface area contributed by atoms with Crippen molar-refractivity contribution in [1.82, 2.24) is 4.90 Å². The number of rotatable bonds is 8. The van der Waals surface area contributed by atoms with E-state index in [2.05, 4.69) is 0 Å². The third-order valence-electron chi connectivity index (χ3n) is 5.42. The molecule has 0 saturated carbocycles. The van der Waals surface area contributed by atoms with Gasteiger partial charge in [-0.1, -0.05) is 60.7 Å². The molecule has 0 aliphatic carbocycles. The molecule has 1 amide bonds. The second-order valence-electron chi connectivity index (χ2n) is 7.49. The van der Waals surface area contributed by atoms with E-state index in [4.69, 9.17) is 9.47 Å². The summed E-state index contributed by atoms with van der Waals surface area (Å²) in [4.78, 5) is 51.6. The van der Waals surface area contributed by atoms with Crippen LogP contribution in [0.25, 0.3) is 0 Å². The van der Waals surface area contributed by atoms with Crippen molar-refractivity contribution in [2.45, 2.75) is 26.0 Å². The first-order valence-corrected chi connectivity index (χ1v) is 10.4. The van der Waals surface area contributed by atoms with Gasteiger partial charge in [0.15, 0.2) is 5.78 Å². The lowest BCUT2D eigenvalue weighted by molar-refractivity contribution is -0.150. The molecule has 1 aliphatic heterocycles. The predicted octanol–water partition coefficient (Wildman–Crippen LogP) is 3.16. The van der Waals surface area contributed by atoms with E-state index in [0.29, 0.717) is 5.56 Å². The zero-order chi connectivity index (χ0) is 23.1. The molecule has 1 fully saturated rings. The van der Waals surface area contributed by atoms with E-state index in [1.165, 1.54) is 0 Å². The number of nitrogens with zero attached hydrogens (tertiary/aromatic N) is 1. The molecule has 1 aliphatic rings. The number of benzene rings is 2. The summed E-state index contributed by atoms with van der Waals surface area (Å²) < 4.78 is 10.5. The number of hydrogen-bond donors (Lipinski definition) is 1. The van der Waals surface area contributed by atoms with Crippen molar-refractivity contribution in [2.75, 3.05) is 13.2 Å². The quantitative estimate of drug-likeness (QED) is 0.497. The maximum absolute atomic E-state index is 13.2. The second-order valence-corrected chi connectivity index (χ2v) is 7.49. The van der Waals surface area contributed by atoms with Crippen molar-refractivity contribution < 1.29 is 33.8 Å². The van der Waals surface area contributed by atoms with Crippen LogP contribution in [-0.2, 0) is 25.7 Å². The van der Waals surface area contributed by atoms with Crippen LogP contribution in [0.5, 0.6) is 0 Å². The molecule has 0 unspecified atom stereocenters. The molecular formula is C24H25NO7. The highest BCUT2D eigenvalue weighted by Gasteiger charge is 2.52. The van der Waals surface area contributed by atoms with E-state index < -0.39 is 42.3 Å². The minimum atomic E-state index is -1.23. The number of likely N-dealkylation sites (tertiary alicyclic amines) is 1. The molecule has 2 aromatic rings. The lowest BCUT2D eigenvalue weighted by Crippen LogP contribution is -2.45. The molecule has 8 heteroatoms. The number of ketones is 1. The maximum atomic E-state index is 13.2. The van der Waals surface area contributed by atoms with Crippen LogP contribution in [0, 0.1) is 11.8 Å². The van der Waals surface area contributed by atoms with Crippen molar-refractivity contribution in [3.63, 3.8) is 0 Å². The number of carboxylic acids is 1. The van der Waals surface area contributed by atoms with Crippen molar-refractivity contribution in [1.29, 1.82) is 0 Å². The highest BCUT2D eigenvalue weighted by molar-refractivity contribution is 6.00. The Morgan fingerprint density at radius 3 is 2.19 bits per heavy atom. The Morgan fingerprint density at radius 1 is 0.969 bits per heavy atom. The summed E-state index contributed by atoms with van der Waals surface area (Å²) in [5.74, 6) is -4.08. The molecule has 1 saturated heterocycles. The normalized spacial score (nSPS) is 19.9. The molecule has 2 aromatic carbocycles. The van der Waals surface area contributed by atoms with Gasteiger partial charge in [0.05, 0.1) is 13.0 Å². The van der Waals surface area contributed by atoms with Gasteiger partial charge in [0.2, 0.25) is 0 Å². The topological polar surface area (TPSA) is 110 Å². The largest absolute Gasteiger partial charge is 0.481 e. The Labute approximate surface area is 185 Å². The lowest BCUT2D eigenvalue weighted by atomic mass is 9.82. The van der Waals surface area contributed by atoms with E-state index in [0.717, 1.165) is 10.5 Å². The van der Waals surface area contributed by atoms with E-state index >= 15 is 0 Å². The summed E-state index contributed by atoms with van der Waals surface area (Å²) >= 11 is 0. The predicted molar refractivity (Wildman–Crippen MR) is 114 cm³/mol. The van der Waals surface area contributed by atoms with Gasteiger partial charge in [0.25, 0.3) is 0 Å². The first-order valence-electron chi connectivity index (χ1n) is 10.4. The summed E-state index contributed by atoms with van der Waals surface area (Å²) in [6, 6.07) is 16.2. The lowest BCUT2D eigenvalue weighted by Gasteiger charge is -2.25. The molecule has 1 N–H and O–H groups in total. The number of carbonyl (C=O) groups is 4. The standard InChI is InChI=1S/C24H25NO7/c1-2-31-23(29)21-18(13-20(26)27)19(22(28)17-11-7-4-8-12-17)14-25(21)24(30)32-15-16-9-5-3-6-10-16/h3-12,18-19,21H,2,13-15H2,1H3,(H,26,27)/t18-,19-,21-/m0/s1. The second kappa shape index (κ2) is 10.6. The fourth-order valence-electron chi connectivity index (χ4n) is 3.98. The summed E-state index contributed by atoms with van der Waals surface area (Å²) in [5, 5.41) is 9.45. The minimum absolute atomic E-state index is 0.0212. The average Bonchev–Trinajstić information content (AvgIpc) is 3.17. The van der Waals surface area contributed by atoms with E-state index in [1.807, 2.05) is 6.07 Å². The van der Waals surface area contributed by atoms with Gasteiger partial charge in [0.1, 0.15) is 12.6 Å². The maximum Gasteiger partial charge on any atom is 0.410 e. The highest BCUT2D eigenvalue weighted by Crippen LogP contribution is 2.36. The number of carboxylic acid groups (broad SMARTS) is 1. The number of hydrogen-bond acceptors (Lipinski definition) is 6. The minimum Gasteiger partial charge on any atom is -0.481 e. The van der Waals surface area contributed by atoms with Crippen LogP contribution in [0.3, 0.4) is 0 Å². The summed E-state index contributed by atoms with van der Waals surface area (Å²) in [5.41, 5.74) is 1.14. The van der Waals surface area contributed by atoms with Gasteiger partial charge in [-0.25, -0.2) is 9.59 Å². The highest BCUT2D eigenvalue weighted by atomic mass is 16.6. The Kier molecular flexibility index (Phi) is 7.59. The molecule has 1 heterocycles. The third-order valence-corrected chi connectivity index (χ3v) is 5.42. The van der Waals surface area contributed by atoms with Gasteiger partial charge in [-0.3, -0.25) is 14.5 Å². The van der Waals surface area contributed by atoms with Crippen molar-refractivity contribution in [2.24, 2.45) is 11.8 Å². The SMILES string of the molecule is CCOC(=O)[C@@H]1[C@@H](CC(=O)O)[C@@H](C(=O)c2ccccc2)CN1C(=O)OCc1ccccc1. The van der Waals surface area contributed by atoms with Gasteiger partial charge >= 0.3 is 18.0 Å². The van der Waals surface area contributed by atoms with Gasteiger partial charge in [-0.05, 0) is 12.5 Å². The Balaban J connectivity index is 1.89. The first-order chi connectivity index (χ1) is 15.4. The molecule has 3 rings (SSSR count). The van der Waals surface area contributed by atoms with Crippen LogP contribution in [-0.4, -0.2) is 53.0 Å². The van der Waals surface area contributed by atoms with Gasteiger partial charge in [0, 0.05) is 23.9 Å². The van der Waals surface area contributed by atoms with Crippen LogP contribution < -0.4 is 0 Å². The van der Waals surface area contributed by atoms with Gasteiger partial charge in [-0.15, -0.1) is 0 Å². The van der Waals surface area contributed by atoms with Gasteiger partial charge < -0.3 is 14.6 Å². The van der Waals surface area contributed by atoms with Crippen LogP contribution in [0.15, 0.2) is 60.7 Å². The van der Waals surface area contributed by atoms with Gasteiger partial charge in [-0.2, -0.15) is 0 Å². The van der Waals surface area contributed by atoms with Crippen LogP contribution in [0.2, 0.25) is 0 Å². The van der Waals surface area contributed by atoms with Crippen molar-refractivity contribution >= 4 is 23.8 Å². The molecule has 0 aromatic heterocycles. The molecule has 32 heavy (non-hydrogen) atoms. The molecular weight excluding hydrogens is 414 g/mol. The Bertz CT molecular complexity index is 961. The average molecular weight is 439 g/mol. The third kappa shape index (κ3) is 5.32. The van der Waals surface area contributed by atoms with E-state index in [-0.39, 0.29) is 25.5 Å². The number of Topliss-reactive ketones (excluding diaryl/α,β-unsaturated/α-hetero) is 1. The number of carbonyl (C=O) groups excluding carboxylic acids is 3. The Morgan fingerprint density at radius 2 is 1.59 bits per heavy atom. The molecule has 8 nitrogen and oxygen atoms in total. The van der Waals surface area contributed by atoms with Crippen molar-refractivity contribution in [3.05, 3.63) is 71.8 Å². The zero-order valence-corrected chi connectivity index (χ0v) is 17.7. The monoisotopic (exact) mass is 439 g/mol. The molecule has 168 valence electrons. The molecule has 0 bridgehead atoms. The first kappa shape index (κ1) is 23.0. The van der Waals surface area contributed by atoms with E-state index in [9.17, 15) is 24.3 Å². The number of ether oxygens (including phenoxy) is 2. The Hall–Kier alpha value is -3.68. The van der Waals surface area contributed by atoms with Crippen LogP contribution >= 0.6 is 0 Å². The number of amides is 1. The van der Waals surface area contributed by atoms with Crippen LogP contribution in [0.1, 0.15) is 29.3 Å². The zero-order valence-electron chi connectivity index (χ0n) is 17.7. The molecule has 0 radical (unpaired) electrons. The smallest absolute Gasteiger partial charge is 0.410 e. The van der Waals surface area contributed by atoms with Crippen molar-refractivity contribution in [3.8, 4) is 0 Å². The fraction of sp³-hybridized carbons (Fsp3) is 0.333. The summed E-state index contributed by atoms with van der Waals surface area (Å²) in [7, 11) is 0. The molecule has 3 atom stereocenters. The number of aliphatic carboxylic acids is 1.